The van der Waals surface area contributed by atoms with Gasteiger partial charge in [-0.2, -0.15) is 0 Å². The van der Waals surface area contributed by atoms with Crippen LogP contribution in [-0.4, -0.2) is 50.8 Å². The van der Waals surface area contributed by atoms with Crippen LogP contribution >= 0.6 is 0 Å². The minimum Gasteiger partial charge on any atom is -0.497 e. The maximum absolute atomic E-state index is 13.1. The lowest BCUT2D eigenvalue weighted by Crippen LogP contribution is -2.54. The minimum atomic E-state index is -0.944. The number of aliphatic hydroxyl groups excluding tert-OH is 1. The van der Waals surface area contributed by atoms with Crippen molar-refractivity contribution in [2.75, 3.05) is 27.4 Å². The van der Waals surface area contributed by atoms with E-state index in [0.29, 0.717) is 42.7 Å². The lowest BCUT2D eigenvalue weighted by Gasteiger charge is -2.61. The molecule has 0 heterocycles. The van der Waals surface area contributed by atoms with E-state index >= 15 is 0 Å². The maximum atomic E-state index is 13.1. The molecule has 4 aliphatic rings. The predicted molar refractivity (Wildman–Crippen MR) is 236 cm³/mol. The highest BCUT2D eigenvalue weighted by molar-refractivity contribution is 5.67. The smallest absolute Gasteiger partial charge is 0.407 e. The Bertz CT molecular complexity index is 1730. The van der Waals surface area contributed by atoms with Crippen LogP contribution in [0.3, 0.4) is 0 Å². The Kier molecular flexibility index (Phi) is 14.0. The van der Waals surface area contributed by atoms with Crippen LogP contribution in [0.15, 0.2) is 78.9 Å². The summed E-state index contributed by atoms with van der Waals surface area (Å²) in [5.74, 6) is 6.48. The van der Waals surface area contributed by atoms with Crippen LogP contribution in [0, 0.1) is 46.3 Å². The summed E-state index contributed by atoms with van der Waals surface area (Å²) in [5, 5.41) is 14.1. The number of rotatable bonds is 17. The third kappa shape index (κ3) is 9.22. The number of carbonyl (C=O) groups is 1. The molecule has 0 saturated heterocycles. The number of nitrogens with one attached hydrogen (secondary N) is 1. The van der Waals surface area contributed by atoms with Crippen LogP contribution in [0.25, 0.3) is 0 Å². The molecule has 0 spiro atoms. The maximum Gasteiger partial charge on any atom is 0.407 e. The molecule has 2 N–H and O–H groups in total. The molecule has 3 aromatic carbocycles. The van der Waals surface area contributed by atoms with Crippen molar-refractivity contribution in [1.82, 2.24) is 5.32 Å². The van der Waals surface area contributed by atoms with E-state index in [-0.39, 0.29) is 12.2 Å². The summed E-state index contributed by atoms with van der Waals surface area (Å²) in [6, 6.07) is 26.1. The first-order chi connectivity index (χ1) is 28.5. The second kappa shape index (κ2) is 19.0. The van der Waals surface area contributed by atoms with Crippen LogP contribution in [0.5, 0.6) is 11.5 Å². The Balaban J connectivity index is 0.898. The molecule has 4 fully saturated rings. The van der Waals surface area contributed by atoms with E-state index in [1.165, 1.54) is 57.8 Å². The molecule has 0 aromatic heterocycles. The predicted octanol–water partition coefficient (Wildman–Crippen LogP) is 11.7. The molecule has 9 atom stereocenters. The van der Waals surface area contributed by atoms with E-state index in [9.17, 15) is 9.90 Å². The van der Waals surface area contributed by atoms with Gasteiger partial charge >= 0.3 is 6.09 Å². The molecular weight excluding hydrogens is 735 g/mol. The highest BCUT2D eigenvalue weighted by Crippen LogP contribution is 2.68. The van der Waals surface area contributed by atoms with Gasteiger partial charge in [-0.25, -0.2) is 4.79 Å². The lowest BCUT2D eigenvalue weighted by molar-refractivity contribution is -0.127. The number of hydrogen-bond acceptors (Lipinski definition) is 6. The van der Waals surface area contributed by atoms with Crippen molar-refractivity contribution >= 4 is 6.09 Å². The average molecular weight is 808 g/mol. The van der Waals surface area contributed by atoms with Crippen molar-refractivity contribution < 1.29 is 28.8 Å². The molecule has 0 radical (unpaired) electrons. The quantitative estimate of drug-likeness (QED) is 0.132. The number of methoxy groups -OCH3 is 2. The van der Waals surface area contributed by atoms with Crippen molar-refractivity contribution in [1.29, 1.82) is 0 Å². The highest BCUT2D eigenvalue weighted by atomic mass is 16.6. The van der Waals surface area contributed by atoms with E-state index in [2.05, 4.69) is 45.1 Å². The number of fused-ring (bicyclic) bond motifs is 5. The molecule has 6 unspecified atom stereocenters. The van der Waals surface area contributed by atoms with Gasteiger partial charge in [0.15, 0.2) is 0 Å². The Hall–Kier alpha value is -3.55. The van der Waals surface area contributed by atoms with Gasteiger partial charge in [-0.3, -0.25) is 0 Å². The van der Waals surface area contributed by atoms with E-state index in [4.69, 9.17) is 18.9 Å². The van der Waals surface area contributed by atoms with E-state index in [1.807, 2.05) is 66.7 Å². The molecular formula is C52H73NO6. The van der Waals surface area contributed by atoms with Gasteiger partial charge in [-0.1, -0.05) is 95.1 Å². The average Bonchev–Trinajstić information content (AvgIpc) is 3.58. The number of alkyl carbamates (subject to hydrolysis) is 1. The topological polar surface area (TPSA) is 86.2 Å². The minimum absolute atomic E-state index is 0.0318. The zero-order chi connectivity index (χ0) is 41.6. The molecule has 7 heteroatoms. The molecule has 59 heavy (non-hydrogen) atoms. The van der Waals surface area contributed by atoms with E-state index in [1.54, 1.807) is 14.2 Å². The van der Waals surface area contributed by atoms with Gasteiger partial charge in [0.25, 0.3) is 0 Å². The van der Waals surface area contributed by atoms with Gasteiger partial charge in [0.05, 0.1) is 26.9 Å². The first kappa shape index (κ1) is 43.5. The number of amides is 1. The fraction of sp³-hybridized carbons (Fsp3) is 0.635. The Morgan fingerprint density at radius 2 is 1.39 bits per heavy atom. The monoisotopic (exact) mass is 808 g/mol. The fourth-order valence-corrected chi connectivity index (χ4v) is 12.8. The first-order valence-corrected chi connectivity index (χ1v) is 23.1. The molecule has 0 aliphatic heterocycles. The molecule has 0 bridgehead atoms. The van der Waals surface area contributed by atoms with Crippen LogP contribution in [0.2, 0.25) is 0 Å². The van der Waals surface area contributed by atoms with Crippen LogP contribution < -0.4 is 14.8 Å². The van der Waals surface area contributed by atoms with Crippen molar-refractivity contribution in [2.45, 2.75) is 135 Å². The van der Waals surface area contributed by atoms with Crippen LogP contribution in [-0.2, 0) is 15.1 Å². The third-order valence-corrected chi connectivity index (χ3v) is 16.1. The summed E-state index contributed by atoms with van der Waals surface area (Å²) < 4.78 is 24.0. The van der Waals surface area contributed by atoms with Crippen LogP contribution in [0.1, 0.15) is 134 Å². The summed E-state index contributed by atoms with van der Waals surface area (Å²) in [7, 11) is 3.32. The largest absolute Gasteiger partial charge is 0.497 e. The summed E-state index contributed by atoms with van der Waals surface area (Å²) in [4.78, 5) is 13.1. The van der Waals surface area contributed by atoms with Crippen molar-refractivity contribution in [3.05, 3.63) is 95.6 Å². The van der Waals surface area contributed by atoms with Crippen molar-refractivity contribution in [3.63, 3.8) is 0 Å². The van der Waals surface area contributed by atoms with Crippen molar-refractivity contribution in [2.24, 2.45) is 46.3 Å². The van der Waals surface area contributed by atoms with E-state index < -0.39 is 11.7 Å². The molecule has 7 nitrogen and oxygen atoms in total. The number of aliphatic hydroxyl groups is 1. The second-order valence-electron chi connectivity index (χ2n) is 19.6. The van der Waals surface area contributed by atoms with Gasteiger partial charge in [0, 0.05) is 6.54 Å². The van der Waals surface area contributed by atoms with Gasteiger partial charge < -0.3 is 29.4 Å². The summed E-state index contributed by atoms with van der Waals surface area (Å²) in [6.45, 7) is 10.7. The standard InChI is InChI=1S/C52H73NO6/c1-36(2)11-10-14-37-20-26-47-46-25-19-41-35-45(27-31-51(41,4)48(46)28-32-50(37,47)3)59-49(55)53-33-29-42(54)30-34-58-52(38-12-8-7-9-13-38,39-15-21-43(56-5)22-16-39)40-17-23-44(57-6)24-18-40/h7-9,12-13,15-18,21-24,36-37,41-42,45-48,54H,10-11,14,19-20,25-35H2,1-6H3,(H,53,55)/t37?,41?,42?,45-,46?,47?,48?,50+,51-/m1/s1. The SMILES string of the molecule is COc1ccc(C(OCCC(O)CCNC(=O)O[C@@H]2CC[C@]3(C)C(CCC4C5CCC(CCCC(C)C)[C@]5(C)CCC43)C2)(c2ccccc2)c2ccc(OC)cc2)cc1. The van der Waals surface area contributed by atoms with Gasteiger partial charge in [-0.15, -0.1) is 0 Å². The number of carbonyl (C=O) groups excluding carboxylic acids is 1. The Morgan fingerprint density at radius 1 is 0.763 bits per heavy atom. The van der Waals surface area contributed by atoms with Gasteiger partial charge in [0.2, 0.25) is 0 Å². The van der Waals surface area contributed by atoms with Gasteiger partial charge in [0.1, 0.15) is 23.2 Å². The summed E-state index contributed by atoms with van der Waals surface area (Å²) in [6.07, 6.45) is 15.4. The zero-order valence-corrected chi connectivity index (χ0v) is 36.9. The van der Waals surface area contributed by atoms with Crippen LogP contribution in [0.4, 0.5) is 4.79 Å². The normalized spacial score (nSPS) is 29.5. The lowest BCUT2D eigenvalue weighted by atomic mass is 9.44. The van der Waals surface area contributed by atoms with E-state index in [0.717, 1.165) is 77.0 Å². The second-order valence-corrected chi connectivity index (χ2v) is 19.6. The summed E-state index contributed by atoms with van der Waals surface area (Å²) >= 11 is 0. The summed E-state index contributed by atoms with van der Waals surface area (Å²) in [5.41, 5.74) is 2.83. The molecule has 4 saturated carbocycles. The number of benzene rings is 3. The first-order valence-electron chi connectivity index (χ1n) is 23.1. The zero-order valence-electron chi connectivity index (χ0n) is 36.9. The fourth-order valence-electron chi connectivity index (χ4n) is 12.8. The molecule has 322 valence electrons. The van der Waals surface area contributed by atoms with Crippen molar-refractivity contribution in [3.8, 4) is 11.5 Å². The molecule has 1 amide bonds. The number of ether oxygens (including phenoxy) is 4. The molecule has 7 rings (SSSR count). The van der Waals surface area contributed by atoms with Gasteiger partial charge in [-0.05, 0) is 164 Å². The third-order valence-electron chi connectivity index (χ3n) is 16.1. The molecule has 3 aromatic rings. The Labute approximate surface area is 355 Å². The molecule has 4 aliphatic carbocycles. The Morgan fingerprint density at radius 3 is 2.03 bits per heavy atom. The highest BCUT2D eigenvalue weighted by Gasteiger charge is 2.60. The number of hydrogen-bond donors (Lipinski definition) is 2.